The van der Waals surface area contributed by atoms with Gasteiger partial charge >= 0.3 is 11.9 Å². The lowest BCUT2D eigenvalue weighted by molar-refractivity contribution is -0.150. The summed E-state index contributed by atoms with van der Waals surface area (Å²) >= 11 is 0. The molecule has 0 aliphatic rings. The molecule has 0 unspecified atom stereocenters. The van der Waals surface area contributed by atoms with Crippen LogP contribution >= 0.6 is 0 Å². The summed E-state index contributed by atoms with van der Waals surface area (Å²) in [5.74, 6) is 0.540. The van der Waals surface area contributed by atoms with Crippen LogP contribution < -0.4 is 0 Å². The Hall–Kier alpha value is -1.10. The van der Waals surface area contributed by atoms with Crippen LogP contribution in [-0.2, 0) is 19.1 Å². The van der Waals surface area contributed by atoms with Crippen molar-refractivity contribution in [1.29, 1.82) is 0 Å². The zero-order valence-electron chi connectivity index (χ0n) is 34.1. The smallest absolute Gasteiger partial charge is 0.306 e. The van der Waals surface area contributed by atoms with Crippen LogP contribution in [0.25, 0.3) is 0 Å². The number of carbonyl (C=O) groups excluding carboxylic acids is 2. The Labute approximate surface area is 307 Å². The minimum Gasteiger partial charge on any atom is -0.462 e. The van der Waals surface area contributed by atoms with E-state index in [1.807, 2.05) is 0 Å². The average Bonchev–Trinajstić information content (AvgIpc) is 3.07. The number of unbranched alkanes of at least 4 members (excludes halogenated alkanes) is 16. The molecule has 0 radical (unpaired) electrons. The molecule has 0 fully saturated rings. The van der Waals surface area contributed by atoms with Gasteiger partial charge in [0.2, 0.25) is 0 Å². The highest BCUT2D eigenvalue weighted by molar-refractivity contribution is 5.69. The third-order valence-electron chi connectivity index (χ3n) is 10.3. The van der Waals surface area contributed by atoms with Gasteiger partial charge in [0.25, 0.3) is 0 Å². The largest absolute Gasteiger partial charge is 0.462 e. The zero-order chi connectivity index (χ0) is 36.2. The number of ether oxygens (including phenoxy) is 2. The number of hydrogen-bond donors (Lipinski definition) is 0. The van der Waals surface area contributed by atoms with E-state index in [1.165, 1.54) is 128 Å². The molecular weight excluding hydrogens is 606 g/mol. The number of nitrogens with zero attached hydrogens (tertiary/aromatic N) is 1. The molecule has 0 amide bonds. The zero-order valence-corrected chi connectivity index (χ0v) is 34.1. The van der Waals surface area contributed by atoms with Crippen molar-refractivity contribution in [2.45, 2.75) is 245 Å². The van der Waals surface area contributed by atoms with E-state index in [1.54, 1.807) is 0 Å². The van der Waals surface area contributed by atoms with Gasteiger partial charge in [0.15, 0.2) is 0 Å². The molecule has 0 saturated heterocycles. The topological polar surface area (TPSA) is 55.8 Å². The second-order valence-corrected chi connectivity index (χ2v) is 15.6. The highest BCUT2D eigenvalue weighted by atomic mass is 16.5. The van der Waals surface area contributed by atoms with E-state index in [4.69, 9.17) is 9.47 Å². The molecule has 5 nitrogen and oxygen atoms in total. The Kier molecular flexibility index (Phi) is 35.9. The first-order valence-corrected chi connectivity index (χ1v) is 21.9. The minimum atomic E-state index is -0.00170. The molecular formula is C44H87NO4. The fourth-order valence-electron chi connectivity index (χ4n) is 7.12. The molecule has 0 rings (SSSR count). The Bertz CT molecular complexity index is 631. The quantitative estimate of drug-likeness (QED) is 0.0476. The lowest BCUT2D eigenvalue weighted by Crippen LogP contribution is -2.19. The van der Waals surface area contributed by atoms with Crippen LogP contribution in [-0.4, -0.2) is 49.7 Å². The molecule has 0 aromatic carbocycles. The summed E-state index contributed by atoms with van der Waals surface area (Å²) in [7, 11) is 4.27. The van der Waals surface area contributed by atoms with Gasteiger partial charge in [-0.2, -0.15) is 0 Å². The predicted octanol–water partition coefficient (Wildman–Crippen LogP) is 13.6. The minimum absolute atomic E-state index is 0.00170. The van der Waals surface area contributed by atoms with Gasteiger partial charge in [0.1, 0.15) is 12.2 Å². The number of esters is 2. The standard InChI is InChI=1S/C44H87NO4/c1-7-11-15-19-23-33-41(34-24-20-16-12-8-2)48-43(46)37-27-30-40(32-29-39-45(5)6)31-28-38-44(47)49-42(35-25-21-17-13-9-3)36-26-22-18-14-10-4/h40-42H,7-39H2,1-6H3. The lowest BCUT2D eigenvalue weighted by Gasteiger charge is -2.21. The van der Waals surface area contributed by atoms with Gasteiger partial charge < -0.3 is 14.4 Å². The molecule has 0 aromatic heterocycles. The van der Waals surface area contributed by atoms with Crippen molar-refractivity contribution in [2.75, 3.05) is 20.6 Å². The molecule has 0 aromatic rings. The van der Waals surface area contributed by atoms with E-state index in [0.717, 1.165) is 70.8 Å². The van der Waals surface area contributed by atoms with Crippen LogP contribution in [0.15, 0.2) is 0 Å². The first kappa shape index (κ1) is 47.9. The van der Waals surface area contributed by atoms with Gasteiger partial charge in [0.05, 0.1) is 0 Å². The van der Waals surface area contributed by atoms with Crippen LogP contribution in [0, 0.1) is 5.92 Å². The molecule has 0 spiro atoms. The van der Waals surface area contributed by atoms with Gasteiger partial charge in [-0.3, -0.25) is 9.59 Å². The van der Waals surface area contributed by atoms with Crippen LogP contribution in [0.1, 0.15) is 233 Å². The molecule has 0 heterocycles. The van der Waals surface area contributed by atoms with Gasteiger partial charge in [-0.25, -0.2) is 0 Å². The summed E-state index contributed by atoms with van der Waals surface area (Å²) in [4.78, 5) is 28.2. The molecule has 0 aliphatic heterocycles. The van der Waals surface area contributed by atoms with Crippen LogP contribution in [0.2, 0.25) is 0 Å². The van der Waals surface area contributed by atoms with Crippen molar-refractivity contribution in [1.82, 2.24) is 4.90 Å². The molecule has 292 valence electrons. The lowest BCUT2D eigenvalue weighted by atomic mass is 9.91. The Morgan fingerprint density at radius 3 is 1.02 bits per heavy atom. The third kappa shape index (κ3) is 33.8. The van der Waals surface area contributed by atoms with Crippen LogP contribution in [0.5, 0.6) is 0 Å². The normalized spacial score (nSPS) is 11.8. The second kappa shape index (κ2) is 36.7. The third-order valence-corrected chi connectivity index (χ3v) is 10.3. The molecule has 49 heavy (non-hydrogen) atoms. The number of hydrogen-bond acceptors (Lipinski definition) is 5. The van der Waals surface area contributed by atoms with Crippen molar-refractivity contribution >= 4 is 11.9 Å². The van der Waals surface area contributed by atoms with E-state index < -0.39 is 0 Å². The summed E-state index contributed by atoms with van der Waals surface area (Å²) in [5, 5.41) is 0. The van der Waals surface area contributed by atoms with Gasteiger partial charge in [-0.1, -0.05) is 130 Å². The van der Waals surface area contributed by atoms with Crippen LogP contribution in [0.3, 0.4) is 0 Å². The molecule has 0 aliphatic carbocycles. The van der Waals surface area contributed by atoms with Crippen molar-refractivity contribution in [2.24, 2.45) is 5.92 Å². The van der Waals surface area contributed by atoms with Crippen molar-refractivity contribution < 1.29 is 19.1 Å². The average molecular weight is 694 g/mol. The number of carbonyl (C=O) groups is 2. The summed E-state index contributed by atoms with van der Waals surface area (Å²) in [6.07, 6.45) is 36.5. The molecule has 0 N–H and O–H groups in total. The summed E-state index contributed by atoms with van der Waals surface area (Å²) < 4.78 is 12.2. The van der Waals surface area contributed by atoms with Crippen molar-refractivity contribution in [3.8, 4) is 0 Å². The van der Waals surface area contributed by atoms with E-state index >= 15 is 0 Å². The number of rotatable bonds is 38. The Morgan fingerprint density at radius 2 is 0.714 bits per heavy atom. The molecule has 0 atom stereocenters. The first-order valence-electron chi connectivity index (χ1n) is 21.9. The van der Waals surface area contributed by atoms with Crippen LogP contribution in [0.4, 0.5) is 0 Å². The van der Waals surface area contributed by atoms with Gasteiger partial charge in [-0.15, -0.1) is 0 Å². The maximum absolute atomic E-state index is 13.0. The fraction of sp³-hybridized carbons (Fsp3) is 0.955. The van der Waals surface area contributed by atoms with Gasteiger partial charge in [0, 0.05) is 12.8 Å². The predicted molar refractivity (Wildman–Crippen MR) is 212 cm³/mol. The van der Waals surface area contributed by atoms with Crippen molar-refractivity contribution in [3.63, 3.8) is 0 Å². The monoisotopic (exact) mass is 694 g/mol. The van der Waals surface area contributed by atoms with E-state index in [-0.39, 0.29) is 24.1 Å². The molecule has 5 heteroatoms. The van der Waals surface area contributed by atoms with Gasteiger partial charge in [-0.05, 0) is 116 Å². The second-order valence-electron chi connectivity index (χ2n) is 15.6. The summed E-state index contributed by atoms with van der Waals surface area (Å²) in [5.41, 5.74) is 0. The Morgan fingerprint density at radius 1 is 0.408 bits per heavy atom. The highest BCUT2D eigenvalue weighted by Crippen LogP contribution is 2.24. The fourth-order valence-corrected chi connectivity index (χ4v) is 7.12. The summed E-state index contributed by atoms with van der Waals surface area (Å²) in [6.45, 7) is 10.1. The summed E-state index contributed by atoms with van der Waals surface area (Å²) in [6, 6.07) is 0. The first-order chi connectivity index (χ1) is 23.9. The molecule has 0 bridgehead atoms. The van der Waals surface area contributed by atoms with E-state index in [9.17, 15) is 9.59 Å². The van der Waals surface area contributed by atoms with E-state index in [0.29, 0.717) is 18.8 Å². The highest BCUT2D eigenvalue weighted by Gasteiger charge is 2.18. The maximum atomic E-state index is 13.0. The maximum Gasteiger partial charge on any atom is 0.306 e. The Balaban J connectivity index is 4.83. The van der Waals surface area contributed by atoms with E-state index in [2.05, 4.69) is 46.7 Å². The SMILES string of the molecule is CCCCCCCC(CCCCCCC)OC(=O)CCCC(CCCC(=O)OC(CCCCCCC)CCCCCCC)CCCN(C)C. The van der Waals surface area contributed by atoms with Crippen molar-refractivity contribution in [3.05, 3.63) is 0 Å². The molecule has 0 saturated carbocycles.